The average Bonchev–Trinajstić information content (AvgIpc) is 3.25. The van der Waals surface area contributed by atoms with Gasteiger partial charge in [0.2, 0.25) is 17.7 Å². The third-order valence-corrected chi connectivity index (χ3v) is 18.5. The molecule has 15 atom stereocenters. The molecule has 18 heteroatoms. The second-order valence-corrected chi connectivity index (χ2v) is 23.2. The van der Waals surface area contributed by atoms with E-state index in [4.69, 9.17) is 23.7 Å². The van der Waals surface area contributed by atoms with Crippen molar-refractivity contribution >= 4 is 17.7 Å². The van der Waals surface area contributed by atoms with E-state index in [-0.39, 0.29) is 6.42 Å². The van der Waals surface area contributed by atoms with Gasteiger partial charge in [0.25, 0.3) is 0 Å². The van der Waals surface area contributed by atoms with Gasteiger partial charge in [-0.1, -0.05) is 57.8 Å². The van der Waals surface area contributed by atoms with Crippen LogP contribution >= 0.6 is 0 Å². The number of rotatable bonds is 22. The molecule has 6 unspecified atom stereocenters. The molecule has 0 radical (unpaired) electrons. The zero-order valence-corrected chi connectivity index (χ0v) is 46.5. The smallest absolute Gasteiger partial charge is 0.244 e. The fraction of sp³-hybridized carbons (Fsp3) is 0.868. The number of carbonyl (C=O) groups is 3. The van der Waals surface area contributed by atoms with Crippen molar-refractivity contribution in [3.63, 3.8) is 0 Å². The van der Waals surface area contributed by atoms with Crippen molar-refractivity contribution in [3.8, 4) is 0 Å². The molecule has 10 N–H and O–H groups in total. The monoisotopic (exact) mass is 1010 g/mol. The number of carbonyl (C=O) groups excluding carboxylic acids is 3. The van der Waals surface area contributed by atoms with Gasteiger partial charge in [-0.25, -0.2) is 0 Å². The lowest BCUT2D eigenvalue weighted by Crippen LogP contribution is -2.94. The van der Waals surface area contributed by atoms with Gasteiger partial charge in [-0.3, -0.25) is 14.4 Å². The topological polar surface area (TPSA) is 275 Å². The second kappa shape index (κ2) is 21.2. The molecule has 0 aromatic rings. The maximum atomic E-state index is 14.1. The Labute approximate surface area is 424 Å². The van der Waals surface area contributed by atoms with Gasteiger partial charge >= 0.3 is 0 Å². The van der Waals surface area contributed by atoms with Gasteiger partial charge in [-0.15, -0.1) is 0 Å². The number of aliphatic hydroxyl groups is 7. The van der Waals surface area contributed by atoms with Gasteiger partial charge in [0.15, 0.2) is 17.9 Å². The summed E-state index contributed by atoms with van der Waals surface area (Å²) in [4.78, 5) is 40.3. The summed E-state index contributed by atoms with van der Waals surface area (Å²) >= 11 is 0. The number of ether oxygens (including phenoxy) is 5. The molecule has 18 nitrogen and oxygen atoms in total. The molecular weight excluding hydrogens is 919 g/mol. The van der Waals surface area contributed by atoms with E-state index in [9.17, 15) is 50.1 Å². The summed E-state index contributed by atoms with van der Waals surface area (Å²) in [7, 11) is 0. The number of hydrogen-bond donors (Lipinski definition) is 10. The van der Waals surface area contributed by atoms with Gasteiger partial charge in [0.05, 0.1) is 18.8 Å². The number of allylic oxidation sites excluding steroid dienone is 3. The second-order valence-electron chi connectivity index (χ2n) is 23.2. The minimum absolute atomic E-state index is 0.0977. The highest BCUT2D eigenvalue weighted by Gasteiger charge is 2.83. The predicted molar refractivity (Wildman–Crippen MR) is 268 cm³/mol. The molecule has 0 spiro atoms. The van der Waals surface area contributed by atoms with E-state index >= 15 is 0 Å². The van der Waals surface area contributed by atoms with E-state index in [0.29, 0.717) is 6.42 Å². The molecule has 71 heavy (non-hydrogen) atoms. The summed E-state index contributed by atoms with van der Waals surface area (Å²) in [6, 6.07) is 0. The molecule has 3 amide bonds. The van der Waals surface area contributed by atoms with Crippen molar-refractivity contribution in [3.05, 3.63) is 24.3 Å². The Bertz CT molecular complexity index is 1960. The number of aliphatic hydroxyl groups excluding tert-OH is 3. The zero-order valence-electron chi connectivity index (χ0n) is 46.5. The lowest BCUT2D eigenvalue weighted by Gasteiger charge is -2.73. The first kappa shape index (κ1) is 62.7. The minimum Gasteiger partial charge on any atom is -0.393 e. The van der Waals surface area contributed by atoms with Crippen molar-refractivity contribution in [2.24, 2.45) is 0 Å². The van der Waals surface area contributed by atoms with E-state index in [1.165, 1.54) is 136 Å². The van der Waals surface area contributed by atoms with Gasteiger partial charge in [0.1, 0.15) is 61.4 Å². The molecule has 3 aliphatic heterocycles. The highest BCUT2D eigenvalue weighted by atomic mass is 16.8. The molecular formula is C53H95N3O15. The molecule has 3 saturated heterocycles. The quantitative estimate of drug-likeness (QED) is 0.0398. The van der Waals surface area contributed by atoms with Crippen LogP contribution < -0.4 is 16.0 Å². The van der Waals surface area contributed by atoms with Crippen molar-refractivity contribution in [2.45, 2.75) is 280 Å². The molecule has 412 valence electrons. The highest BCUT2D eigenvalue weighted by Crippen LogP contribution is 2.63. The maximum Gasteiger partial charge on any atom is 0.244 e. The summed E-state index contributed by atoms with van der Waals surface area (Å²) in [6.45, 7) is 23.7. The van der Waals surface area contributed by atoms with E-state index in [1.54, 1.807) is 19.9 Å². The van der Waals surface area contributed by atoms with E-state index in [2.05, 4.69) is 35.0 Å². The number of amides is 3. The van der Waals surface area contributed by atoms with Crippen molar-refractivity contribution in [1.82, 2.24) is 16.0 Å². The molecule has 3 heterocycles. The Balaban J connectivity index is 2.21. The van der Waals surface area contributed by atoms with Crippen LogP contribution in [-0.4, -0.2) is 152 Å². The van der Waals surface area contributed by atoms with Crippen LogP contribution in [0.5, 0.6) is 0 Å². The number of hydrogen-bond acceptors (Lipinski definition) is 15. The van der Waals surface area contributed by atoms with Gasteiger partial charge in [-0.05, 0) is 148 Å². The van der Waals surface area contributed by atoms with Crippen LogP contribution in [0.4, 0.5) is 0 Å². The summed E-state index contributed by atoms with van der Waals surface area (Å²) in [5, 5.41) is 93.9. The first-order valence-corrected chi connectivity index (χ1v) is 25.7. The fourth-order valence-electron chi connectivity index (χ4n) is 11.6. The van der Waals surface area contributed by atoms with Crippen molar-refractivity contribution in [1.29, 1.82) is 0 Å². The lowest BCUT2D eigenvalue weighted by molar-refractivity contribution is -0.509. The Kier molecular flexibility index (Phi) is 18.7. The Morgan fingerprint density at radius 3 is 1.39 bits per heavy atom. The summed E-state index contributed by atoms with van der Waals surface area (Å²) in [6.07, 6.45) is 16.1. The Hall–Kier alpha value is -2.59. The average molecular weight is 1010 g/mol. The molecule has 0 bridgehead atoms. The van der Waals surface area contributed by atoms with Crippen LogP contribution in [0.25, 0.3) is 0 Å². The van der Waals surface area contributed by atoms with Crippen LogP contribution in [0.15, 0.2) is 24.3 Å². The fourth-order valence-corrected chi connectivity index (χ4v) is 11.6. The number of nitrogens with one attached hydrogen (secondary N) is 3. The van der Waals surface area contributed by atoms with Crippen LogP contribution in [0, 0.1) is 0 Å². The van der Waals surface area contributed by atoms with Crippen LogP contribution in [0.1, 0.15) is 195 Å². The number of unbranched alkanes of at least 4 members (excludes halogenated alkanes) is 8. The first-order chi connectivity index (χ1) is 32.2. The molecule has 3 fully saturated rings. The third kappa shape index (κ3) is 9.93. The highest BCUT2D eigenvalue weighted by molar-refractivity contribution is 5.88. The summed E-state index contributed by atoms with van der Waals surface area (Å²) < 4.78 is 34.1. The third-order valence-electron chi connectivity index (χ3n) is 18.5. The van der Waals surface area contributed by atoms with Crippen LogP contribution in [-0.2, 0) is 38.1 Å². The van der Waals surface area contributed by atoms with Gasteiger partial charge in [0, 0.05) is 13.8 Å². The van der Waals surface area contributed by atoms with Gasteiger partial charge < -0.3 is 75.4 Å². The SMILES string of the molecule is CCCCCC/C=C\CCCCC/C=C/C(=O)NC1(C)[C@](C)(O[C@]2(C)C(C)(CO)O[C@@](C)(O[C@]3(C)C(C)(CO)O[C@@H](O)C(C)(NC(C)=O)[C@@]3(C)O)C(C)(NC(C)=O)[C@@]2(C)O)OC(C)(CC)[C@@](C)(O)[C@]1(C)O. The maximum absolute atomic E-state index is 14.1. The van der Waals surface area contributed by atoms with Gasteiger partial charge in [-0.2, -0.15) is 0 Å². The molecule has 0 saturated carbocycles. The summed E-state index contributed by atoms with van der Waals surface area (Å²) in [5.41, 5.74) is -26.1. The molecule has 3 aliphatic rings. The lowest BCUT2D eigenvalue weighted by atomic mass is 9.56. The Morgan fingerprint density at radius 2 is 0.958 bits per heavy atom. The molecule has 0 aliphatic carbocycles. The molecule has 0 aromatic carbocycles. The van der Waals surface area contributed by atoms with E-state index in [1.807, 2.05) is 0 Å². The summed E-state index contributed by atoms with van der Waals surface area (Å²) in [5.74, 6) is -6.70. The molecule has 0 aromatic heterocycles. The first-order valence-electron chi connectivity index (χ1n) is 25.7. The minimum atomic E-state index is -2.53. The standard InChI is InChI=1S/C53H95N3O15/c1-19-21-22-23-24-25-26-27-28-29-30-31-32-33-38(61)56-44(9)48(13,65)46(11,63)40(5,20-2)68-52(44,17)71-51(16)42(7,35-58)69-53(18,45(10,49(51,14)66)55-37(4)60)70-50(15)41(6,34-57)67-39(62)43(8,47(50,12)64)54-36(3)59/h25-26,32-33,39,57-58,62-66H,19-24,27-31,34-35H2,1-18H3,(H,54,59)(H,55,60)(H,56,61)/b26-25-,33-32+/t39-,40?,41?,42?,43?,44?,45?,46-,47-,48-,49-,50-,51-,52+,53+/m1/s1. The predicted octanol–water partition coefficient (Wildman–Crippen LogP) is 4.75. The van der Waals surface area contributed by atoms with Crippen molar-refractivity contribution in [2.75, 3.05) is 13.2 Å². The van der Waals surface area contributed by atoms with E-state index < -0.39 is 116 Å². The normalized spacial score (nSPS) is 46.1. The zero-order chi connectivity index (χ0) is 55.0. The van der Waals surface area contributed by atoms with Crippen LogP contribution in [0.3, 0.4) is 0 Å². The Morgan fingerprint density at radius 1 is 0.535 bits per heavy atom. The van der Waals surface area contributed by atoms with Crippen molar-refractivity contribution < 1.29 is 73.8 Å². The molecule has 3 rings (SSSR count). The van der Waals surface area contributed by atoms with E-state index in [0.717, 1.165) is 32.1 Å². The largest absolute Gasteiger partial charge is 0.393 e. The van der Waals surface area contributed by atoms with Crippen LogP contribution in [0.2, 0.25) is 0 Å².